The minimum atomic E-state index is -3.98. The highest BCUT2D eigenvalue weighted by atomic mass is 35.5. The first-order valence-electron chi connectivity index (χ1n) is 8.73. The SMILES string of the molecule is O=C(O)c1cc(S(=O)(=O)NCCc2ccccc2)c(Cl)cc1NCc1ccco1. The summed E-state index contributed by atoms with van der Waals surface area (Å²) in [4.78, 5) is 11.4. The molecule has 0 radical (unpaired) electrons. The summed E-state index contributed by atoms with van der Waals surface area (Å²) in [6.45, 7) is 0.384. The van der Waals surface area contributed by atoms with Crippen LogP contribution in [0.4, 0.5) is 5.69 Å². The van der Waals surface area contributed by atoms with E-state index in [0.29, 0.717) is 12.2 Å². The van der Waals surface area contributed by atoms with Gasteiger partial charge in [0.05, 0.1) is 29.1 Å². The lowest BCUT2D eigenvalue weighted by molar-refractivity contribution is 0.0697. The Bertz CT molecular complexity index is 1080. The molecule has 9 heteroatoms. The number of benzene rings is 2. The fourth-order valence-corrected chi connectivity index (χ4v) is 4.31. The minimum absolute atomic E-state index is 0.0795. The molecule has 3 rings (SSSR count). The van der Waals surface area contributed by atoms with Crippen LogP contribution >= 0.6 is 11.6 Å². The number of carbonyl (C=O) groups is 1. The van der Waals surface area contributed by atoms with E-state index in [9.17, 15) is 18.3 Å². The van der Waals surface area contributed by atoms with Crippen LogP contribution < -0.4 is 10.0 Å². The lowest BCUT2D eigenvalue weighted by atomic mass is 10.1. The van der Waals surface area contributed by atoms with Gasteiger partial charge in [0.15, 0.2) is 0 Å². The van der Waals surface area contributed by atoms with Crippen molar-refractivity contribution in [1.29, 1.82) is 0 Å². The highest BCUT2D eigenvalue weighted by Crippen LogP contribution is 2.29. The quantitative estimate of drug-likeness (QED) is 0.473. The van der Waals surface area contributed by atoms with E-state index < -0.39 is 16.0 Å². The molecule has 0 aliphatic heterocycles. The summed E-state index contributed by atoms with van der Waals surface area (Å²) in [6, 6.07) is 15.2. The smallest absolute Gasteiger partial charge is 0.337 e. The third-order valence-electron chi connectivity index (χ3n) is 4.17. The number of rotatable bonds is 9. The number of furan rings is 1. The molecule has 7 nitrogen and oxygen atoms in total. The molecule has 1 aromatic heterocycles. The van der Waals surface area contributed by atoms with Gasteiger partial charge in [-0.2, -0.15) is 0 Å². The molecule has 0 amide bonds. The summed E-state index contributed by atoms with van der Waals surface area (Å²) >= 11 is 6.17. The Morgan fingerprint density at radius 2 is 1.86 bits per heavy atom. The van der Waals surface area contributed by atoms with Crippen molar-refractivity contribution in [1.82, 2.24) is 4.72 Å². The van der Waals surface area contributed by atoms with Crippen LogP contribution in [0.2, 0.25) is 5.02 Å². The number of carboxylic acid groups (broad SMARTS) is 1. The maximum absolute atomic E-state index is 12.7. The topological polar surface area (TPSA) is 109 Å². The number of nitrogens with one attached hydrogen (secondary N) is 2. The summed E-state index contributed by atoms with van der Waals surface area (Å²) in [5.41, 5.74) is 0.969. The standard InChI is InChI=1S/C20H19ClN2O5S/c21-17-12-18(22-13-15-7-4-10-28-15)16(20(24)25)11-19(17)29(26,27)23-9-8-14-5-2-1-3-6-14/h1-7,10-12,22-23H,8-9,13H2,(H,24,25). The average molecular weight is 435 g/mol. The van der Waals surface area contributed by atoms with Gasteiger partial charge in [0, 0.05) is 6.54 Å². The summed E-state index contributed by atoms with van der Waals surface area (Å²) in [7, 11) is -3.98. The maximum Gasteiger partial charge on any atom is 0.337 e. The van der Waals surface area contributed by atoms with E-state index in [2.05, 4.69) is 10.0 Å². The monoisotopic (exact) mass is 434 g/mol. The molecule has 0 bridgehead atoms. The van der Waals surface area contributed by atoms with E-state index in [1.807, 2.05) is 30.3 Å². The van der Waals surface area contributed by atoms with Crippen molar-refractivity contribution in [2.24, 2.45) is 0 Å². The van der Waals surface area contributed by atoms with Gasteiger partial charge in [-0.25, -0.2) is 17.9 Å². The zero-order valence-corrected chi connectivity index (χ0v) is 16.8. The van der Waals surface area contributed by atoms with E-state index in [-0.39, 0.29) is 34.3 Å². The fourth-order valence-electron chi connectivity index (χ4n) is 2.73. The van der Waals surface area contributed by atoms with Crippen LogP contribution in [-0.2, 0) is 23.0 Å². The summed E-state index contributed by atoms with van der Waals surface area (Å²) < 4.78 is 33.0. The summed E-state index contributed by atoms with van der Waals surface area (Å²) in [5.74, 6) is -0.680. The molecule has 2 aromatic carbocycles. The Balaban J connectivity index is 1.78. The van der Waals surface area contributed by atoms with Gasteiger partial charge in [-0.05, 0) is 36.2 Å². The number of aromatic carboxylic acids is 1. The van der Waals surface area contributed by atoms with Gasteiger partial charge < -0.3 is 14.8 Å². The van der Waals surface area contributed by atoms with Crippen molar-refractivity contribution in [2.45, 2.75) is 17.9 Å². The average Bonchev–Trinajstić information content (AvgIpc) is 3.20. The zero-order chi connectivity index (χ0) is 20.9. The maximum atomic E-state index is 12.7. The third kappa shape index (κ3) is 5.38. The second-order valence-corrected chi connectivity index (χ2v) is 8.34. The van der Waals surface area contributed by atoms with Gasteiger partial charge in [-0.3, -0.25) is 0 Å². The molecular formula is C20H19ClN2O5S. The Labute approximate surface area is 173 Å². The number of anilines is 1. The van der Waals surface area contributed by atoms with Gasteiger partial charge in [0.2, 0.25) is 10.0 Å². The molecule has 0 aliphatic rings. The van der Waals surface area contributed by atoms with E-state index in [1.54, 1.807) is 12.1 Å². The molecule has 0 spiro atoms. The van der Waals surface area contributed by atoms with Gasteiger partial charge in [-0.15, -0.1) is 0 Å². The number of halogens is 1. The predicted octanol–water partition coefficient (Wildman–Crippen LogP) is 3.76. The van der Waals surface area contributed by atoms with Gasteiger partial charge >= 0.3 is 5.97 Å². The molecule has 3 aromatic rings. The first kappa shape index (κ1) is 20.9. The van der Waals surface area contributed by atoms with Crippen molar-refractivity contribution in [3.63, 3.8) is 0 Å². The third-order valence-corrected chi connectivity index (χ3v) is 6.10. The van der Waals surface area contributed by atoms with Crippen LogP contribution in [0.5, 0.6) is 0 Å². The highest BCUT2D eigenvalue weighted by molar-refractivity contribution is 7.89. The predicted molar refractivity (Wildman–Crippen MR) is 110 cm³/mol. The van der Waals surface area contributed by atoms with Crippen molar-refractivity contribution < 1.29 is 22.7 Å². The first-order chi connectivity index (χ1) is 13.9. The Morgan fingerprint density at radius 3 is 2.52 bits per heavy atom. The highest BCUT2D eigenvalue weighted by Gasteiger charge is 2.23. The number of sulfonamides is 1. The van der Waals surface area contributed by atoms with Crippen LogP contribution in [0.1, 0.15) is 21.7 Å². The van der Waals surface area contributed by atoms with E-state index in [4.69, 9.17) is 16.0 Å². The molecule has 0 saturated heterocycles. The van der Waals surface area contributed by atoms with Gasteiger partial charge in [0.1, 0.15) is 10.7 Å². The van der Waals surface area contributed by atoms with Crippen molar-refractivity contribution in [3.05, 3.63) is 82.8 Å². The second-order valence-electron chi connectivity index (χ2n) is 6.20. The van der Waals surface area contributed by atoms with Crippen LogP contribution in [-0.4, -0.2) is 26.0 Å². The zero-order valence-electron chi connectivity index (χ0n) is 15.3. The van der Waals surface area contributed by atoms with Gasteiger partial charge in [0.25, 0.3) is 0 Å². The molecule has 0 saturated carbocycles. The molecule has 152 valence electrons. The molecule has 0 atom stereocenters. The number of hydrogen-bond donors (Lipinski definition) is 3. The van der Waals surface area contributed by atoms with Crippen molar-refractivity contribution >= 4 is 33.3 Å². The van der Waals surface area contributed by atoms with E-state index >= 15 is 0 Å². The van der Waals surface area contributed by atoms with Crippen LogP contribution in [0.25, 0.3) is 0 Å². The Kier molecular flexibility index (Phi) is 6.58. The van der Waals surface area contributed by atoms with E-state index in [1.165, 1.54) is 12.3 Å². The second kappa shape index (κ2) is 9.13. The molecule has 0 fully saturated rings. The number of carboxylic acids is 1. The Morgan fingerprint density at radius 1 is 1.10 bits per heavy atom. The fraction of sp³-hybridized carbons (Fsp3) is 0.150. The summed E-state index contributed by atoms with van der Waals surface area (Å²) in [6.07, 6.45) is 1.99. The van der Waals surface area contributed by atoms with Crippen molar-refractivity contribution in [3.8, 4) is 0 Å². The Hall–Kier alpha value is -2.81. The minimum Gasteiger partial charge on any atom is -0.478 e. The van der Waals surface area contributed by atoms with Crippen molar-refractivity contribution in [2.75, 3.05) is 11.9 Å². The molecular weight excluding hydrogens is 416 g/mol. The summed E-state index contributed by atoms with van der Waals surface area (Å²) in [5, 5.41) is 12.3. The number of hydrogen-bond acceptors (Lipinski definition) is 5. The lowest BCUT2D eigenvalue weighted by Crippen LogP contribution is -2.26. The lowest BCUT2D eigenvalue weighted by Gasteiger charge is -2.13. The molecule has 0 aliphatic carbocycles. The van der Waals surface area contributed by atoms with Gasteiger partial charge in [-0.1, -0.05) is 41.9 Å². The van der Waals surface area contributed by atoms with E-state index in [0.717, 1.165) is 11.6 Å². The molecule has 29 heavy (non-hydrogen) atoms. The van der Waals surface area contributed by atoms with Crippen LogP contribution in [0.15, 0.2) is 70.2 Å². The first-order valence-corrected chi connectivity index (χ1v) is 10.6. The normalized spacial score (nSPS) is 11.3. The van der Waals surface area contributed by atoms with Crippen LogP contribution in [0, 0.1) is 0 Å². The molecule has 0 unspecified atom stereocenters. The molecule has 1 heterocycles. The largest absolute Gasteiger partial charge is 0.478 e. The molecule has 3 N–H and O–H groups in total. The van der Waals surface area contributed by atoms with Crippen LogP contribution in [0.3, 0.4) is 0 Å².